The maximum atomic E-state index is 12.5. The van der Waals surface area contributed by atoms with Crippen LogP contribution >= 0.6 is 0 Å². The first kappa shape index (κ1) is 21.6. The Kier molecular flexibility index (Phi) is 8.01. The van der Waals surface area contributed by atoms with E-state index in [0.717, 1.165) is 18.5 Å². The van der Waals surface area contributed by atoms with E-state index in [0.29, 0.717) is 19.6 Å². The lowest BCUT2D eigenvalue weighted by atomic mass is 10.1. The van der Waals surface area contributed by atoms with Gasteiger partial charge in [0.1, 0.15) is 0 Å². The number of aliphatic hydroxyl groups is 1. The van der Waals surface area contributed by atoms with E-state index in [9.17, 15) is 13.5 Å². The molecule has 0 spiro atoms. The number of aryl methyl sites for hydroxylation is 1. The summed E-state index contributed by atoms with van der Waals surface area (Å²) in [7, 11) is -3.39. The number of nitrogens with zero attached hydrogens (tertiary/aromatic N) is 3. The molecule has 27 heavy (non-hydrogen) atoms. The van der Waals surface area contributed by atoms with Crippen molar-refractivity contribution in [3.8, 4) is 0 Å². The molecule has 0 aliphatic heterocycles. The molecule has 0 aliphatic rings. The molecule has 0 radical (unpaired) electrons. The minimum Gasteiger partial charge on any atom is -0.395 e. The van der Waals surface area contributed by atoms with Gasteiger partial charge in [-0.1, -0.05) is 37.3 Å². The van der Waals surface area contributed by atoms with E-state index >= 15 is 0 Å². The van der Waals surface area contributed by atoms with Crippen LogP contribution in [0.15, 0.2) is 41.7 Å². The van der Waals surface area contributed by atoms with Crippen LogP contribution in [0.4, 0.5) is 0 Å². The van der Waals surface area contributed by atoms with Crippen LogP contribution in [0.1, 0.15) is 38.4 Å². The molecule has 1 heterocycles. The van der Waals surface area contributed by atoms with Crippen molar-refractivity contribution in [2.24, 2.45) is 0 Å². The molecule has 0 amide bonds. The second-order valence-corrected chi connectivity index (χ2v) is 9.14. The summed E-state index contributed by atoms with van der Waals surface area (Å²) in [5.41, 5.74) is 2.11. The fourth-order valence-corrected chi connectivity index (χ4v) is 4.09. The number of hydrogen-bond acceptors (Lipinski definition) is 5. The molecular formula is C20H31N3O3S. The monoisotopic (exact) mass is 393 g/mol. The Labute approximate surface area is 162 Å². The number of sulfone groups is 1. The van der Waals surface area contributed by atoms with Crippen LogP contribution in [0.3, 0.4) is 0 Å². The number of rotatable bonds is 11. The maximum Gasteiger partial charge on any atom is 0.227 e. The van der Waals surface area contributed by atoms with E-state index in [2.05, 4.69) is 35.9 Å². The molecule has 0 fully saturated rings. The molecule has 0 bridgehead atoms. The Morgan fingerprint density at radius 2 is 1.93 bits per heavy atom. The summed E-state index contributed by atoms with van der Waals surface area (Å²) in [6.07, 6.45) is 3.38. The van der Waals surface area contributed by atoms with E-state index < -0.39 is 9.84 Å². The standard InChI is InChI=1S/C20H31N3O3S/c1-4-27(25,26)20-21-15-19(16-22(13-14-24)17(2)3)23(20)12-8-11-18-9-6-5-7-10-18/h5-7,9-10,15,17,24H,4,8,11-14,16H2,1-3H3. The van der Waals surface area contributed by atoms with Gasteiger partial charge < -0.3 is 9.67 Å². The zero-order chi connectivity index (χ0) is 19.9. The van der Waals surface area contributed by atoms with Gasteiger partial charge in [0.25, 0.3) is 0 Å². The van der Waals surface area contributed by atoms with Crippen molar-refractivity contribution >= 4 is 9.84 Å². The largest absolute Gasteiger partial charge is 0.395 e. The summed E-state index contributed by atoms with van der Waals surface area (Å²) in [4.78, 5) is 6.36. The van der Waals surface area contributed by atoms with Gasteiger partial charge in [-0.15, -0.1) is 0 Å². The lowest BCUT2D eigenvalue weighted by Crippen LogP contribution is -2.33. The Balaban J connectivity index is 2.23. The van der Waals surface area contributed by atoms with Crippen molar-refractivity contribution in [2.45, 2.75) is 57.9 Å². The van der Waals surface area contributed by atoms with E-state index in [1.165, 1.54) is 5.56 Å². The molecule has 2 rings (SSSR count). The first-order valence-electron chi connectivity index (χ1n) is 9.55. The van der Waals surface area contributed by atoms with Crippen LogP contribution in [-0.4, -0.2) is 52.9 Å². The molecule has 1 N–H and O–H groups in total. The summed E-state index contributed by atoms with van der Waals surface area (Å²) < 4.78 is 26.8. The van der Waals surface area contributed by atoms with Gasteiger partial charge in [-0.05, 0) is 32.3 Å². The van der Waals surface area contributed by atoms with E-state index in [1.54, 1.807) is 13.1 Å². The van der Waals surface area contributed by atoms with Gasteiger partial charge >= 0.3 is 0 Å². The highest BCUT2D eigenvalue weighted by Crippen LogP contribution is 2.17. The molecule has 1 aromatic heterocycles. The zero-order valence-corrected chi connectivity index (χ0v) is 17.3. The van der Waals surface area contributed by atoms with Crippen molar-refractivity contribution in [3.63, 3.8) is 0 Å². The predicted molar refractivity (Wildman–Crippen MR) is 107 cm³/mol. The first-order chi connectivity index (χ1) is 12.9. The minimum atomic E-state index is -3.39. The Hall–Kier alpha value is -1.70. The van der Waals surface area contributed by atoms with Crippen LogP contribution < -0.4 is 0 Å². The highest BCUT2D eigenvalue weighted by atomic mass is 32.2. The second-order valence-electron chi connectivity index (χ2n) is 6.96. The molecule has 0 aliphatic carbocycles. The lowest BCUT2D eigenvalue weighted by molar-refractivity contribution is 0.156. The van der Waals surface area contributed by atoms with Crippen molar-refractivity contribution < 1.29 is 13.5 Å². The van der Waals surface area contributed by atoms with Crippen molar-refractivity contribution in [2.75, 3.05) is 18.9 Å². The third-order valence-electron chi connectivity index (χ3n) is 4.73. The van der Waals surface area contributed by atoms with Gasteiger partial charge in [-0.25, -0.2) is 13.4 Å². The summed E-state index contributed by atoms with van der Waals surface area (Å²) in [5, 5.41) is 9.47. The van der Waals surface area contributed by atoms with Crippen molar-refractivity contribution in [3.05, 3.63) is 47.8 Å². The van der Waals surface area contributed by atoms with Gasteiger partial charge in [0, 0.05) is 25.7 Å². The molecule has 0 saturated carbocycles. The molecule has 0 saturated heterocycles. The van der Waals surface area contributed by atoms with Crippen molar-refractivity contribution in [1.82, 2.24) is 14.5 Å². The van der Waals surface area contributed by atoms with Gasteiger partial charge in [0.05, 0.1) is 24.3 Å². The lowest BCUT2D eigenvalue weighted by Gasteiger charge is -2.26. The summed E-state index contributed by atoms with van der Waals surface area (Å²) >= 11 is 0. The Bertz CT molecular complexity index is 801. The molecule has 6 nitrogen and oxygen atoms in total. The van der Waals surface area contributed by atoms with Crippen LogP contribution in [0.2, 0.25) is 0 Å². The molecule has 0 unspecified atom stereocenters. The van der Waals surface area contributed by atoms with Gasteiger partial charge in [-0.2, -0.15) is 0 Å². The third-order valence-corrected chi connectivity index (χ3v) is 6.37. The number of aromatic nitrogens is 2. The number of imidazole rings is 1. The average molecular weight is 394 g/mol. The van der Waals surface area contributed by atoms with Gasteiger partial charge in [0.15, 0.2) is 0 Å². The SMILES string of the molecule is CCS(=O)(=O)c1ncc(CN(CCO)C(C)C)n1CCCc1ccccc1. The van der Waals surface area contributed by atoms with Crippen molar-refractivity contribution in [1.29, 1.82) is 0 Å². The summed E-state index contributed by atoms with van der Waals surface area (Å²) in [6.45, 7) is 7.55. The fourth-order valence-electron chi connectivity index (χ4n) is 3.08. The number of hydrogen-bond donors (Lipinski definition) is 1. The van der Waals surface area contributed by atoms with Gasteiger partial charge in [0.2, 0.25) is 15.0 Å². The molecule has 1 aromatic carbocycles. The van der Waals surface area contributed by atoms with Crippen LogP contribution in [0.25, 0.3) is 0 Å². The predicted octanol–water partition coefficient (Wildman–Crippen LogP) is 2.51. The first-order valence-corrected chi connectivity index (χ1v) is 11.2. The smallest absolute Gasteiger partial charge is 0.227 e. The molecule has 0 atom stereocenters. The Morgan fingerprint density at radius 1 is 1.22 bits per heavy atom. The topological polar surface area (TPSA) is 75.4 Å². The quantitative estimate of drug-likeness (QED) is 0.635. The zero-order valence-electron chi connectivity index (χ0n) is 16.5. The number of aliphatic hydroxyl groups excluding tert-OH is 1. The maximum absolute atomic E-state index is 12.5. The van der Waals surface area contributed by atoms with E-state index in [1.807, 2.05) is 22.8 Å². The molecule has 150 valence electrons. The Morgan fingerprint density at radius 3 is 2.52 bits per heavy atom. The highest BCUT2D eigenvalue weighted by Gasteiger charge is 2.23. The normalized spacial score (nSPS) is 12.2. The third kappa shape index (κ3) is 5.89. The minimum absolute atomic E-state index is 0.0344. The van der Waals surface area contributed by atoms with Crippen LogP contribution in [-0.2, 0) is 29.3 Å². The molecule has 2 aromatic rings. The fraction of sp³-hybridized carbons (Fsp3) is 0.550. The summed E-state index contributed by atoms with van der Waals surface area (Å²) in [5.74, 6) is 0.0344. The van der Waals surface area contributed by atoms with E-state index in [4.69, 9.17) is 0 Å². The molecular weight excluding hydrogens is 362 g/mol. The van der Waals surface area contributed by atoms with Crippen LogP contribution in [0.5, 0.6) is 0 Å². The number of benzene rings is 1. The molecule has 7 heteroatoms. The summed E-state index contributed by atoms with van der Waals surface area (Å²) in [6, 6.07) is 10.4. The average Bonchev–Trinajstić information content (AvgIpc) is 3.05. The van der Waals surface area contributed by atoms with E-state index in [-0.39, 0.29) is 23.6 Å². The van der Waals surface area contributed by atoms with Gasteiger partial charge in [-0.3, -0.25) is 4.90 Å². The second kappa shape index (κ2) is 10.0. The highest BCUT2D eigenvalue weighted by molar-refractivity contribution is 7.91. The van der Waals surface area contributed by atoms with Crippen LogP contribution in [0, 0.1) is 0 Å².